The fourth-order valence-corrected chi connectivity index (χ4v) is 2.71. The quantitative estimate of drug-likeness (QED) is 0.802. The predicted octanol–water partition coefficient (Wildman–Crippen LogP) is 0.871. The number of rotatable bonds is 6. The van der Waals surface area contributed by atoms with Crippen molar-refractivity contribution >= 4 is 16.7 Å². The molecule has 4 N–H and O–H groups in total. The van der Waals surface area contributed by atoms with Gasteiger partial charge < -0.3 is 11.5 Å². The number of carbonyl (C=O) groups excluding carboxylic acids is 1. The summed E-state index contributed by atoms with van der Waals surface area (Å²) in [6.07, 6.45) is 0.971. The van der Waals surface area contributed by atoms with Crippen LogP contribution in [0.25, 0.3) is 0 Å². The van der Waals surface area contributed by atoms with Gasteiger partial charge in [-0.25, -0.2) is 0 Å². The summed E-state index contributed by atoms with van der Waals surface area (Å²) in [7, 11) is -1.33. The van der Waals surface area contributed by atoms with Gasteiger partial charge in [-0.2, -0.15) is 0 Å². The second-order valence-electron chi connectivity index (χ2n) is 4.32. The summed E-state index contributed by atoms with van der Waals surface area (Å²) in [4.78, 5) is 10.7. The Morgan fingerprint density at radius 1 is 1.33 bits per heavy atom. The summed E-state index contributed by atoms with van der Waals surface area (Å²) < 4.78 is 11.8. The number of benzene rings is 1. The second-order valence-corrected chi connectivity index (χ2v) is 6.11. The van der Waals surface area contributed by atoms with E-state index < -0.39 is 16.7 Å². The van der Waals surface area contributed by atoms with Gasteiger partial charge in [0.05, 0.1) is 5.25 Å². The van der Waals surface area contributed by atoms with Crippen molar-refractivity contribution in [2.75, 3.05) is 5.75 Å². The average molecular weight is 268 g/mol. The van der Waals surface area contributed by atoms with Crippen LogP contribution in [0, 0.1) is 0 Å². The molecular weight excluding hydrogens is 248 g/mol. The highest BCUT2D eigenvalue weighted by atomic mass is 32.2. The Balaban J connectivity index is 2.75. The molecule has 0 bridgehead atoms. The van der Waals surface area contributed by atoms with Crippen molar-refractivity contribution in [1.29, 1.82) is 0 Å². The first-order valence-corrected chi connectivity index (χ1v) is 7.33. The van der Waals surface area contributed by atoms with Crippen molar-refractivity contribution in [1.82, 2.24) is 0 Å². The average Bonchev–Trinajstić information content (AvgIpc) is 2.36. The van der Waals surface area contributed by atoms with Crippen LogP contribution in [0.2, 0.25) is 0 Å². The molecule has 4 nitrogen and oxygen atoms in total. The summed E-state index contributed by atoms with van der Waals surface area (Å²) in [5.74, 6) is -0.698. The lowest BCUT2D eigenvalue weighted by molar-refractivity contribution is -0.115. The predicted molar refractivity (Wildman–Crippen MR) is 74.4 cm³/mol. The monoisotopic (exact) mass is 268 g/mol. The van der Waals surface area contributed by atoms with Crippen molar-refractivity contribution in [3.63, 3.8) is 0 Å². The van der Waals surface area contributed by atoms with E-state index in [2.05, 4.69) is 6.92 Å². The fourth-order valence-electron chi connectivity index (χ4n) is 1.68. The van der Waals surface area contributed by atoms with E-state index in [9.17, 15) is 9.00 Å². The lowest BCUT2D eigenvalue weighted by atomic mass is 10.0. The van der Waals surface area contributed by atoms with Crippen LogP contribution >= 0.6 is 0 Å². The smallest absolute Gasteiger partial charge is 0.230 e. The molecule has 0 aliphatic heterocycles. The van der Waals surface area contributed by atoms with Crippen LogP contribution in [0.5, 0.6) is 0 Å². The molecule has 0 spiro atoms. The van der Waals surface area contributed by atoms with Gasteiger partial charge in [-0.15, -0.1) is 0 Å². The van der Waals surface area contributed by atoms with E-state index >= 15 is 0 Å². The Bertz CT molecular complexity index is 431. The highest BCUT2D eigenvalue weighted by Gasteiger charge is 2.21. The van der Waals surface area contributed by atoms with E-state index in [-0.39, 0.29) is 17.0 Å². The number of primary amides is 1. The zero-order chi connectivity index (χ0) is 13.7. The number of hydrogen-bond donors (Lipinski definition) is 2. The zero-order valence-corrected chi connectivity index (χ0v) is 11.6. The molecule has 0 aliphatic carbocycles. The molecule has 18 heavy (non-hydrogen) atoms. The molecule has 0 radical (unpaired) electrons. The van der Waals surface area contributed by atoms with Crippen molar-refractivity contribution in [3.05, 3.63) is 35.4 Å². The Morgan fingerprint density at radius 3 is 2.33 bits per heavy atom. The van der Waals surface area contributed by atoms with Gasteiger partial charge in [-0.1, -0.05) is 31.2 Å². The number of hydrogen-bond acceptors (Lipinski definition) is 3. The van der Waals surface area contributed by atoms with Crippen LogP contribution in [0.15, 0.2) is 24.3 Å². The molecular formula is C13H20N2O2S. The van der Waals surface area contributed by atoms with E-state index in [1.54, 1.807) is 6.92 Å². The molecule has 0 saturated carbocycles. The molecule has 100 valence electrons. The molecule has 0 heterocycles. The van der Waals surface area contributed by atoms with Gasteiger partial charge in [-0.05, 0) is 24.5 Å². The Morgan fingerprint density at radius 2 is 1.89 bits per heavy atom. The third kappa shape index (κ3) is 3.92. The van der Waals surface area contributed by atoms with E-state index in [0.717, 1.165) is 12.0 Å². The van der Waals surface area contributed by atoms with E-state index in [0.29, 0.717) is 0 Å². The van der Waals surface area contributed by atoms with Gasteiger partial charge in [0.1, 0.15) is 5.75 Å². The molecule has 1 amide bonds. The Kier molecular flexibility index (Phi) is 5.50. The molecule has 3 atom stereocenters. The minimum Gasteiger partial charge on any atom is -0.369 e. The minimum atomic E-state index is -1.33. The maximum Gasteiger partial charge on any atom is 0.230 e. The van der Waals surface area contributed by atoms with Crippen LogP contribution in [0.4, 0.5) is 0 Å². The molecule has 3 unspecified atom stereocenters. The van der Waals surface area contributed by atoms with Gasteiger partial charge in [0, 0.05) is 16.8 Å². The summed E-state index contributed by atoms with van der Waals surface area (Å²) in [5, 5.41) is -0.301. The largest absolute Gasteiger partial charge is 0.369 e. The molecule has 1 aromatic rings. The fraction of sp³-hybridized carbons (Fsp3) is 0.462. The highest BCUT2D eigenvalue weighted by molar-refractivity contribution is 7.86. The minimum absolute atomic E-state index is 0.137. The van der Waals surface area contributed by atoms with E-state index in [1.807, 2.05) is 24.3 Å². The first-order valence-electron chi connectivity index (χ1n) is 5.95. The zero-order valence-electron chi connectivity index (χ0n) is 10.8. The molecule has 0 aliphatic rings. The van der Waals surface area contributed by atoms with Gasteiger partial charge in [-0.3, -0.25) is 9.00 Å². The van der Waals surface area contributed by atoms with Crippen LogP contribution in [-0.2, 0) is 22.0 Å². The molecule has 1 rings (SSSR count). The third-order valence-corrected chi connectivity index (χ3v) is 4.67. The molecule has 5 heteroatoms. The summed E-state index contributed by atoms with van der Waals surface area (Å²) in [6, 6.07) is 7.57. The molecule has 1 aromatic carbocycles. The maximum atomic E-state index is 11.8. The summed E-state index contributed by atoms with van der Waals surface area (Å²) >= 11 is 0. The maximum absolute atomic E-state index is 11.8. The van der Waals surface area contributed by atoms with Crippen molar-refractivity contribution in [3.8, 4) is 0 Å². The normalized spacial score (nSPS) is 15.9. The van der Waals surface area contributed by atoms with Crippen LogP contribution < -0.4 is 11.5 Å². The third-order valence-electron chi connectivity index (χ3n) is 2.98. The first kappa shape index (κ1) is 14.9. The van der Waals surface area contributed by atoms with E-state index in [1.165, 1.54) is 5.56 Å². The lowest BCUT2D eigenvalue weighted by Crippen LogP contribution is -2.32. The van der Waals surface area contributed by atoms with Crippen LogP contribution in [0.1, 0.15) is 31.0 Å². The lowest BCUT2D eigenvalue weighted by Gasteiger charge is -2.19. The SMILES string of the molecule is CCc1ccc(C(N)C(C)S(=O)CC(N)=O)cc1. The molecule has 0 saturated heterocycles. The Labute approximate surface area is 110 Å². The number of aryl methyl sites for hydroxylation is 1. The summed E-state index contributed by atoms with van der Waals surface area (Å²) in [5.41, 5.74) is 13.3. The summed E-state index contributed by atoms with van der Waals surface area (Å²) in [6.45, 7) is 3.86. The second kappa shape index (κ2) is 6.66. The van der Waals surface area contributed by atoms with Crippen molar-refractivity contribution < 1.29 is 9.00 Å². The Hall–Kier alpha value is -1.20. The number of carbonyl (C=O) groups is 1. The van der Waals surface area contributed by atoms with Gasteiger partial charge in [0.25, 0.3) is 0 Å². The standard InChI is InChI=1S/C13H20N2O2S/c1-3-10-4-6-11(7-5-10)13(15)9(2)18(17)8-12(14)16/h4-7,9,13H,3,8,15H2,1-2H3,(H2,14,16). The molecule has 0 fully saturated rings. The number of nitrogens with two attached hydrogens (primary N) is 2. The molecule has 0 aromatic heterocycles. The van der Waals surface area contributed by atoms with Crippen LogP contribution in [0.3, 0.4) is 0 Å². The van der Waals surface area contributed by atoms with E-state index in [4.69, 9.17) is 11.5 Å². The number of amides is 1. The van der Waals surface area contributed by atoms with Gasteiger partial charge in [0.15, 0.2) is 0 Å². The topological polar surface area (TPSA) is 86.2 Å². The van der Waals surface area contributed by atoms with Crippen LogP contribution in [-0.4, -0.2) is 21.1 Å². The van der Waals surface area contributed by atoms with Gasteiger partial charge in [0.2, 0.25) is 5.91 Å². The van der Waals surface area contributed by atoms with Crippen molar-refractivity contribution in [2.24, 2.45) is 11.5 Å². The van der Waals surface area contributed by atoms with Gasteiger partial charge >= 0.3 is 0 Å². The van der Waals surface area contributed by atoms with Crippen molar-refractivity contribution in [2.45, 2.75) is 31.6 Å². The first-order chi connectivity index (χ1) is 8.45. The highest BCUT2D eigenvalue weighted by Crippen LogP contribution is 2.19.